The average molecular weight is 212 g/mol. The normalized spacial score (nSPS) is 19.2. The van der Waals surface area contributed by atoms with Crippen molar-refractivity contribution in [3.8, 4) is 0 Å². The Bertz CT molecular complexity index is 208. The van der Waals surface area contributed by atoms with Crippen molar-refractivity contribution >= 4 is 6.03 Å². The predicted octanol–water partition coefficient (Wildman–Crippen LogP) is 2.66. The Morgan fingerprint density at radius 3 is 2.40 bits per heavy atom. The van der Waals surface area contributed by atoms with E-state index in [2.05, 4.69) is 17.6 Å². The van der Waals surface area contributed by atoms with Crippen LogP contribution in [0.1, 0.15) is 52.9 Å². The molecule has 1 aliphatic rings. The quantitative estimate of drug-likeness (QED) is 0.739. The number of hydrogen-bond acceptors (Lipinski definition) is 1. The first-order valence-corrected chi connectivity index (χ1v) is 6.12. The lowest BCUT2D eigenvalue weighted by Crippen LogP contribution is -2.43. The van der Waals surface area contributed by atoms with Gasteiger partial charge in [0.15, 0.2) is 0 Å². The van der Waals surface area contributed by atoms with Crippen LogP contribution in [0.15, 0.2) is 0 Å². The van der Waals surface area contributed by atoms with E-state index in [9.17, 15) is 4.79 Å². The molecule has 0 aliphatic heterocycles. The van der Waals surface area contributed by atoms with E-state index >= 15 is 0 Å². The van der Waals surface area contributed by atoms with Crippen LogP contribution in [-0.2, 0) is 0 Å². The summed E-state index contributed by atoms with van der Waals surface area (Å²) in [6.07, 6.45) is 6.36. The summed E-state index contributed by atoms with van der Waals surface area (Å²) in [7, 11) is 0. The van der Waals surface area contributed by atoms with Gasteiger partial charge in [0.1, 0.15) is 0 Å². The molecule has 0 atom stereocenters. The summed E-state index contributed by atoms with van der Waals surface area (Å²) in [5.41, 5.74) is 0.383. The molecule has 0 radical (unpaired) electrons. The lowest BCUT2D eigenvalue weighted by atomic mass is 9.83. The van der Waals surface area contributed by atoms with Crippen molar-refractivity contribution < 1.29 is 4.79 Å². The molecule has 2 N–H and O–H groups in total. The van der Waals surface area contributed by atoms with Crippen LogP contribution in [-0.4, -0.2) is 18.6 Å². The standard InChI is InChI=1S/C12H24N2O/c1-4-12(7-5-6-8-12)9-13-11(15)14-10(2)3/h10H,4-9H2,1-3H3,(H2,13,14,15). The Hall–Kier alpha value is -0.730. The lowest BCUT2D eigenvalue weighted by Gasteiger charge is -2.27. The molecule has 0 spiro atoms. The van der Waals surface area contributed by atoms with E-state index in [0.717, 1.165) is 6.54 Å². The number of rotatable bonds is 4. The van der Waals surface area contributed by atoms with Crippen molar-refractivity contribution in [2.24, 2.45) is 5.41 Å². The molecule has 1 rings (SSSR count). The maximum atomic E-state index is 11.4. The minimum atomic E-state index is -0.0234. The van der Waals surface area contributed by atoms with Crippen molar-refractivity contribution in [2.45, 2.75) is 58.9 Å². The highest BCUT2D eigenvalue weighted by Crippen LogP contribution is 2.40. The van der Waals surface area contributed by atoms with Gasteiger partial charge in [-0.2, -0.15) is 0 Å². The smallest absolute Gasteiger partial charge is 0.315 e. The Morgan fingerprint density at radius 1 is 1.33 bits per heavy atom. The number of amides is 2. The van der Waals surface area contributed by atoms with Gasteiger partial charge in [-0.3, -0.25) is 0 Å². The second kappa shape index (κ2) is 5.38. The Labute approximate surface area is 93.0 Å². The van der Waals surface area contributed by atoms with E-state index in [1.807, 2.05) is 13.8 Å². The second-order valence-corrected chi connectivity index (χ2v) is 5.04. The molecule has 0 aromatic carbocycles. The number of carbonyl (C=O) groups excluding carboxylic acids is 1. The van der Waals surface area contributed by atoms with Gasteiger partial charge in [0.2, 0.25) is 0 Å². The zero-order chi connectivity index (χ0) is 11.3. The fourth-order valence-electron chi connectivity index (χ4n) is 2.36. The summed E-state index contributed by atoms with van der Waals surface area (Å²) in [4.78, 5) is 11.4. The fourth-order valence-corrected chi connectivity index (χ4v) is 2.36. The van der Waals surface area contributed by atoms with Crippen LogP contribution >= 0.6 is 0 Å². The van der Waals surface area contributed by atoms with Crippen molar-refractivity contribution in [1.82, 2.24) is 10.6 Å². The van der Waals surface area contributed by atoms with Gasteiger partial charge in [0, 0.05) is 12.6 Å². The molecule has 0 heterocycles. The first-order valence-electron chi connectivity index (χ1n) is 6.12. The first-order chi connectivity index (χ1) is 7.08. The van der Waals surface area contributed by atoms with Crippen molar-refractivity contribution in [3.05, 3.63) is 0 Å². The predicted molar refractivity (Wildman–Crippen MR) is 62.9 cm³/mol. The molecule has 0 aromatic heterocycles. The Morgan fingerprint density at radius 2 is 1.93 bits per heavy atom. The minimum Gasteiger partial charge on any atom is -0.338 e. The molecule has 2 amide bonds. The fraction of sp³-hybridized carbons (Fsp3) is 0.917. The zero-order valence-corrected chi connectivity index (χ0v) is 10.2. The van der Waals surface area contributed by atoms with E-state index in [1.165, 1.54) is 32.1 Å². The average Bonchev–Trinajstić information content (AvgIpc) is 2.63. The number of hydrogen-bond donors (Lipinski definition) is 2. The topological polar surface area (TPSA) is 41.1 Å². The summed E-state index contributed by atoms with van der Waals surface area (Å²) in [6.45, 7) is 7.02. The van der Waals surface area contributed by atoms with Gasteiger partial charge in [-0.25, -0.2) is 4.79 Å². The number of urea groups is 1. The number of nitrogens with one attached hydrogen (secondary N) is 2. The van der Waals surface area contributed by atoms with Crippen molar-refractivity contribution in [1.29, 1.82) is 0 Å². The van der Waals surface area contributed by atoms with Gasteiger partial charge >= 0.3 is 6.03 Å². The van der Waals surface area contributed by atoms with Gasteiger partial charge in [0.25, 0.3) is 0 Å². The van der Waals surface area contributed by atoms with E-state index in [0.29, 0.717) is 5.41 Å². The monoisotopic (exact) mass is 212 g/mol. The Balaban J connectivity index is 2.31. The summed E-state index contributed by atoms with van der Waals surface area (Å²) < 4.78 is 0. The SMILES string of the molecule is CCC1(CNC(=O)NC(C)C)CCCC1. The highest BCUT2D eigenvalue weighted by atomic mass is 16.2. The summed E-state index contributed by atoms with van der Waals surface area (Å²) >= 11 is 0. The molecule has 1 fully saturated rings. The molecular weight excluding hydrogens is 188 g/mol. The molecule has 0 aromatic rings. The van der Waals surface area contributed by atoms with Crippen LogP contribution in [0.25, 0.3) is 0 Å². The van der Waals surface area contributed by atoms with Crippen LogP contribution in [0.5, 0.6) is 0 Å². The summed E-state index contributed by atoms with van der Waals surface area (Å²) in [6, 6.07) is 0.191. The van der Waals surface area contributed by atoms with E-state index in [4.69, 9.17) is 0 Å². The molecule has 15 heavy (non-hydrogen) atoms. The van der Waals surface area contributed by atoms with Crippen LogP contribution in [0, 0.1) is 5.41 Å². The van der Waals surface area contributed by atoms with E-state index < -0.39 is 0 Å². The third-order valence-corrected chi connectivity index (χ3v) is 3.46. The molecule has 3 nitrogen and oxygen atoms in total. The largest absolute Gasteiger partial charge is 0.338 e. The van der Waals surface area contributed by atoms with Crippen LogP contribution in [0.4, 0.5) is 4.79 Å². The van der Waals surface area contributed by atoms with Crippen LogP contribution in [0.2, 0.25) is 0 Å². The van der Waals surface area contributed by atoms with Crippen LogP contribution in [0.3, 0.4) is 0 Å². The third kappa shape index (κ3) is 3.73. The van der Waals surface area contributed by atoms with E-state index in [-0.39, 0.29) is 12.1 Å². The highest BCUT2D eigenvalue weighted by Gasteiger charge is 2.32. The Kier molecular flexibility index (Phi) is 4.43. The second-order valence-electron chi connectivity index (χ2n) is 5.04. The third-order valence-electron chi connectivity index (χ3n) is 3.46. The van der Waals surface area contributed by atoms with Crippen molar-refractivity contribution in [3.63, 3.8) is 0 Å². The molecule has 88 valence electrons. The summed E-state index contributed by atoms with van der Waals surface area (Å²) in [5.74, 6) is 0. The lowest BCUT2D eigenvalue weighted by molar-refractivity contribution is 0.223. The molecule has 0 unspecified atom stereocenters. The maximum Gasteiger partial charge on any atom is 0.315 e. The van der Waals surface area contributed by atoms with Crippen LogP contribution < -0.4 is 10.6 Å². The van der Waals surface area contributed by atoms with E-state index in [1.54, 1.807) is 0 Å². The van der Waals surface area contributed by atoms with Crippen molar-refractivity contribution in [2.75, 3.05) is 6.54 Å². The van der Waals surface area contributed by atoms with Gasteiger partial charge in [-0.1, -0.05) is 19.8 Å². The highest BCUT2D eigenvalue weighted by molar-refractivity contribution is 5.74. The summed E-state index contributed by atoms with van der Waals surface area (Å²) in [5, 5.41) is 5.86. The molecule has 0 saturated heterocycles. The molecule has 1 aliphatic carbocycles. The van der Waals surface area contributed by atoms with Gasteiger partial charge in [-0.15, -0.1) is 0 Å². The molecule has 1 saturated carbocycles. The minimum absolute atomic E-state index is 0.0234. The number of carbonyl (C=O) groups is 1. The van der Waals surface area contributed by atoms with Gasteiger partial charge in [-0.05, 0) is 38.5 Å². The molecule has 0 bridgehead atoms. The first kappa shape index (κ1) is 12.3. The maximum absolute atomic E-state index is 11.4. The zero-order valence-electron chi connectivity index (χ0n) is 10.2. The van der Waals surface area contributed by atoms with Gasteiger partial charge in [0.05, 0.1) is 0 Å². The van der Waals surface area contributed by atoms with Gasteiger partial charge < -0.3 is 10.6 Å². The molecular formula is C12H24N2O. The molecule has 3 heteroatoms.